The van der Waals surface area contributed by atoms with Gasteiger partial charge in [-0.15, -0.1) is 0 Å². The van der Waals surface area contributed by atoms with E-state index in [0.29, 0.717) is 18.4 Å². The monoisotopic (exact) mass is 273 g/mol. The van der Waals surface area contributed by atoms with Crippen molar-refractivity contribution in [3.8, 4) is 0 Å². The molecule has 1 N–H and O–H groups in total. The predicted octanol–water partition coefficient (Wildman–Crippen LogP) is 2.39. The molecule has 2 aliphatic carbocycles. The number of fused-ring (bicyclic) bond motifs is 1. The van der Waals surface area contributed by atoms with E-state index in [1.54, 1.807) is 29.2 Å². The second-order valence-corrected chi connectivity index (χ2v) is 5.98. The van der Waals surface area contributed by atoms with Crippen LogP contribution in [0.5, 0.6) is 0 Å². The van der Waals surface area contributed by atoms with Crippen LogP contribution in [0.3, 0.4) is 0 Å². The molecule has 20 heavy (non-hydrogen) atoms. The highest BCUT2D eigenvalue weighted by atomic mass is 16.4. The maximum Gasteiger partial charge on any atom is 0.335 e. The third kappa shape index (κ3) is 2.30. The average molecular weight is 273 g/mol. The molecule has 2 aliphatic rings. The Bertz CT molecular complexity index is 527. The van der Waals surface area contributed by atoms with Gasteiger partial charge < -0.3 is 10.0 Å². The van der Waals surface area contributed by atoms with Crippen molar-refractivity contribution in [1.82, 2.24) is 4.90 Å². The fraction of sp³-hybridized carbons (Fsp3) is 0.500. The number of carbonyl (C=O) groups is 2. The Balaban J connectivity index is 1.59. The SMILES string of the molecule is CN(Cc1ccc(C(=O)O)cc1)C(=O)C1C2CCCC21. The largest absolute Gasteiger partial charge is 0.478 e. The van der Waals surface area contributed by atoms with Gasteiger partial charge in [0.25, 0.3) is 0 Å². The average Bonchev–Trinajstić information content (AvgIpc) is 2.90. The summed E-state index contributed by atoms with van der Waals surface area (Å²) in [5.41, 5.74) is 1.25. The topological polar surface area (TPSA) is 57.6 Å². The number of benzene rings is 1. The van der Waals surface area contributed by atoms with E-state index in [1.165, 1.54) is 19.3 Å². The number of hydrogen-bond donors (Lipinski definition) is 1. The molecule has 2 fully saturated rings. The molecule has 2 atom stereocenters. The Morgan fingerprint density at radius 2 is 1.80 bits per heavy atom. The molecule has 1 aromatic rings. The van der Waals surface area contributed by atoms with Crippen LogP contribution >= 0.6 is 0 Å². The van der Waals surface area contributed by atoms with E-state index >= 15 is 0 Å². The summed E-state index contributed by atoms with van der Waals surface area (Å²) < 4.78 is 0. The van der Waals surface area contributed by atoms with Gasteiger partial charge in [-0.2, -0.15) is 0 Å². The third-order valence-corrected chi connectivity index (χ3v) is 4.69. The highest BCUT2D eigenvalue weighted by Gasteiger charge is 2.57. The normalized spacial score (nSPS) is 26.9. The number of aromatic carboxylic acids is 1. The Kier molecular flexibility index (Phi) is 3.24. The first kappa shape index (κ1) is 13.2. The highest BCUT2D eigenvalue weighted by Crippen LogP contribution is 2.58. The van der Waals surface area contributed by atoms with Crippen molar-refractivity contribution in [3.05, 3.63) is 35.4 Å². The molecule has 4 heteroatoms. The zero-order valence-electron chi connectivity index (χ0n) is 11.6. The molecular formula is C16H19NO3. The van der Waals surface area contributed by atoms with E-state index in [4.69, 9.17) is 5.11 Å². The van der Waals surface area contributed by atoms with Crippen LogP contribution in [-0.4, -0.2) is 28.9 Å². The van der Waals surface area contributed by atoms with E-state index in [2.05, 4.69) is 0 Å². The number of carboxylic acids is 1. The first-order valence-electron chi connectivity index (χ1n) is 7.15. The minimum Gasteiger partial charge on any atom is -0.478 e. The zero-order valence-corrected chi connectivity index (χ0v) is 11.6. The van der Waals surface area contributed by atoms with E-state index in [0.717, 1.165) is 5.56 Å². The van der Waals surface area contributed by atoms with Gasteiger partial charge in [-0.1, -0.05) is 18.6 Å². The first-order chi connectivity index (χ1) is 9.58. The van der Waals surface area contributed by atoms with E-state index < -0.39 is 5.97 Å². The van der Waals surface area contributed by atoms with Crippen LogP contribution in [0.15, 0.2) is 24.3 Å². The molecule has 0 radical (unpaired) electrons. The summed E-state index contributed by atoms with van der Waals surface area (Å²) in [5, 5.41) is 8.85. The smallest absolute Gasteiger partial charge is 0.335 e. The second-order valence-electron chi connectivity index (χ2n) is 5.98. The lowest BCUT2D eigenvalue weighted by molar-refractivity contribution is -0.132. The molecule has 0 saturated heterocycles. The standard InChI is InChI=1S/C16H19NO3/c1-17(15(18)14-12-3-2-4-13(12)14)9-10-5-7-11(8-6-10)16(19)20/h5-8,12-14H,2-4,9H2,1H3,(H,19,20). The van der Waals surface area contributed by atoms with Crippen molar-refractivity contribution >= 4 is 11.9 Å². The summed E-state index contributed by atoms with van der Waals surface area (Å²) in [6.07, 6.45) is 3.70. The van der Waals surface area contributed by atoms with Crippen molar-refractivity contribution in [2.75, 3.05) is 7.05 Å². The Hall–Kier alpha value is -1.84. The number of carboxylic acid groups (broad SMARTS) is 1. The molecule has 0 heterocycles. The molecule has 0 bridgehead atoms. The minimum atomic E-state index is -0.924. The van der Waals surface area contributed by atoms with Crippen LogP contribution < -0.4 is 0 Å². The van der Waals surface area contributed by atoms with Gasteiger partial charge in [-0.25, -0.2) is 4.79 Å². The van der Waals surface area contributed by atoms with Crippen LogP contribution in [0.2, 0.25) is 0 Å². The lowest BCUT2D eigenvalue weighted by atomic mass is 10.1. The summed E-state index contributed by atoms with van der Waals surface area (Å²) in [7, 11) is 1.83. The van der Waals surface area contributed by atoms with Crippen molar-refractivity contribution < 1.29 is 14.7 Å². The van der Waals surface area contributed by atoms with Crippen LogP contribution in [0.1, 0.15) is 35.2 Å². The Labute approximate surface area is 118 Å². The van der Waals surface area contributed by atoms with Gasteiger partial charge >= 0.3 is 5.97 Å². The van der Waals surface area contributed by atoms with Gasteiger partial charge in [-0.3, -0.25) is 4.79 Å². The summed E-state index contributed by atoms with van der Waals surface area (Å²) >= 11 is 0. The number of rotatable bonds is 4. The summed E-state index contributed by atoms with van der Waals surface area (Å²) in [4.78, 5) is 24.9. The van der Waals surface area contributed by atoms with Crippen LogP contribution in [-0.2, 0) is 11.3 Å². The number of nitrogens with zero attached hydrogens (tertiary/aromatic N) is 1. The Morgan fingerprint density at radius 3 is 2.35 bits per heavy atom. The minimum absolute atomic E-state index is 0.252. The number of carbonyl (C=O) groups excluding carboxylic acids is 1. The van der Waals surface area contributed by atoms with Crippen LogP contribution in [0.25, 0.3) is 0 Å². The van der Waals surface area contributed by atoms with Crippen molar-refractivity contribution in [2.45, 2.75) is 25.8 Å². The summed E-state index contributed by atoms with van der Waals surface area (Å²) in [6, 6.07) is 6.73. The van der Waals surface area contributed by atoms with Gasteiger partial charge in [0.15, 0.2) is 0 Å². The zero-order chi connectivity index (χ0) is 14.3. The molecule has 0 aliphatic heterocycles. The van der Waals surface area contributed by atoms with Crippen LogP contribution in [0, 0.1) is 17.8 Å². The second kappa shape index (κ2) is 4.93. The molecule has 2 unspecified atom stereocenters. The van der Waals surface area contributed by atoms with Crippen LogP contribution in [0.4, 0.5) is 0 Å². The third-order valence-electron chi connectivity index (χ3n) is 4.69. The van der Waals surface area contributed by atoms with Gasteiger partial charge in [0.05, 0.1) is 5.56 Å². The summed E-state index contributed by atoms with van der Waals surface area (Å²) in [6.45, 7) is 0.550. The highest BCUT2D eigenvalue weighted by molar-refractivity contribution is 5.87. The molecule has 4 nitrogen and oxygen atoms in total. The number of hydrogen-bond acceptors (Lipinski definition) is 2. The molecule has 106 valence electrons. The van der Waals surface area contributed by atoms with E-state index in [9.17, 15) is 9.59 Å². The van der Waals surface area contributed by atoms with Crippen molar-refractivity contribution in [3.63, 3.8) is 0 Å². The molecule has 3 rings (SSSR count). The van der Waals surface area contributed by atoms with E-state index in [1.807, 2.05) is 7.05 Å². The van der Waals surface area contributed by atoms with E-state index in [-0.39, 0.29) is 17.4 Å². The fourth-order valence-corrected chi connectivity index (χ4v) is 3.55. The number of amides is 1. The molecule has 0 aromatic heterocycles. The fourth-order valence-electron chi connectivity index (χ4n) is 3.55. The maximum atomic E-state index is 12.3. The van der Waals surface area contributed by atoms with Gasteiger partial charge in [0.1, 0.15) is 0 Å². The Morgan fingerprint density at radius 1 is 1.20 bits per heavy atom. The lowest BCUT2D eigenvalue weighted by Crippen LogP contribution is -2.29. The van der Waals surface area contributed by atoms with Crippen molar-refractivity contribution in [1.29, 1.82) is 0 Å². The quantitative estimate of drug-likeness (QED) is 0.916. The molecule has 2 saturated carbocycles. The first-order valence-corrected chi connectivity index (χ1v) is 7.15. The lowest BCUT2D eigenvalue weighted by Gasteiger charge is -2.18. The van der Waals surface area contributed by atoms with Gasteiger partial charge in [0, 0.05) is 19.5 Å². The van der Waals surface area contributed by atoms with Crippen molar-refractivity contribution in [2.24, 2.45) is 17.8 Å². The molecular weight excluding hydrogens is 254 g/mol. The summed E-state index contributed by atoms with van der Waals surface area (Å²) in [5.74, 6) is 0.861. The molecule has 1 amide bonds. The van der Waals surface area contributed by atoms with Gasteiger partial charge in [-0.05, 0) is 42.4 Å². The molecule has 0 spiro atoms. The predicted molar refractivity (Wildman–Crippen MR) is 74.2 cm³/mol. The maximum absolute atomic E-state index is 12.3. The molecule has 1 aromatic carbocycles. The van der Waals surface area contributed by atoms with Gasteiger partial charge in [0.2, 0.25) is 5.91 Å².